The molecule has 0 saturated heterocycles. The second-order valence-corrected chi connectivity index (χ2v) is 4.65. The number of rotatable bonds is 4. The van der Waals surface area contributed by atoms with Crippen LogP contribution in [0.2, 0.25) is 0 Å². The van der Waals surface area contributed by atoms with E-state index in [0.29, 0.717) is 0 Å². The van der Waals surface area contributed by atoms with Gasteiger partial charge in [-0.05, 0) is 38.3 Å². The molecule has 2 nitrogen and oxygen atoms in total. The van der Waals surface area contributed by atoms with E-state index in [4.69, 9.17) is 5.11 Å². The number of carboxylic acid groups (broad SMARTS) is 1. The zero-order valence-electron chi connectivity index (χ0n) is 7.96. The lowest BCUT2D eigenvalue weighted by molar-refractivity contribution is -0.137. The van der Waals surface area contributed by atoms with Crippen LogP contribution in [0.15, 0.2) is 6.07 Å². The monoisotopic (exact) mass is 198 g/mol. The number of carboxylic acids is 1. The van der Waals surface area contributed by atoms with Crippen LogP contribution in [0.3, 0.4) is 0 Å². The molecule has 0 aliphatic rings. The Morgan fingerprint density at radius 1 is 1.54 bits per heavy atom. The summed E-state index contributed by atoms with van der Waals surface area (Å²) in [6, 6.07) is 2.15. The highest BCUT2D eigenvalue weighted by Gasteiger charge is 2.03. The minimum atomic E-state index is -0.704. The number of aryl methyl sites for hydroxylation is 3. The molecule has 1 aromatic heterocycles. The first-order chi connectivity index (χ1) is 6.09. The molecule has 1 N–H and O–H groups in total. The van der Waals surface area contributed by atoms with E-state index in [1.165, 1.54) is 15.3 Å². The van der Waals surface area contributed by atoms with E-state index in [9.17, 15) is 4.79 Å². The third-order valence-electron chi connectivity index (χ3n) is 1.98. The fourth-order valence-electron chi connectivity index (χ4n) is 1.36. The van der Waals surface area contributed by atoms with Gasteiger partial charge < -0.3 is 5.11 Å². The minimum absolute atomic E-state index is 0.272. The Bertz CT molecular complexity index is 302. The summed E-state index contributed by atoms with van der Waals surface area (Å²) in [5.41, 5.74) is 1.31. The molecule has 0 aromatic carbocycles. The zero-order valence-corrected chi connectivity index (χ0v) is 8.78. The predicted molar refractivity (Wildman–Crippen MR) is 54.4 cm³/mol. The SMILES string of the molecule is Cc1cc(CCCC(=O)O)c(C)s1. The molecule has 0 aliphatic heterocycles. The predicted octanol–water partition coefficient (Wildman–Crippen LogP) is 2.77. The molecule has 1 rings (SSSR count). The summed E-state index contributed by atoms with van der Waals surface area (Å²) in [4.78, 5) is 12.9. The molecule has 0 aliphatic carbocycles. The Labute approximate surface area is 82.2 Å². The smallest absolute Gasteiger partial charge is 0.303 e. The van der Waals surface area contributed by atoms with Gasteiger partial charge in [0.25, 0.3) is 0 Å². The number of hydrogen-bond acceptors (Lipinski definition) is 2. The Balaban J connectivity index is 2.45. The summed E-state index contributed by atoms with van der Waals surface area (Å²) in [5.74, 6) is -0.704. The summed E-state index contributed by atoms with van der Waals surface area (Å²) in [7, 11) is 0. The van der Waals surface area contributed by atoms with Crippen LogP contribution >= 0.6 is 11.3 Å². The number of thiophene rings is 1. The third-order valence-corrected chi connectivity index (χ3v) is 2.99. The maximum Gasteiger partial charge on any atom is 0.303 e. The maximum absolute atomic E-state index is 10.3. The fourth-order valence-corrected chi connectivity index (χ4v) is 2.34. The third kappa shape index (κ3) is 3.19. The first-order valence-corrected chi connectivity index (χ1v) is 5.19. The lowest BCUT2D eigenvalue weighted by Gasteiger charge is -1.96. The topological polar surface area (TPSA) is 37.3 Å². The first-order valence-electron chi connectivity index (χ1n) is 4.37. The number of aliphatic carboxylic acids is 1. The lowest BCUT2D eigenvalue weighted by Crippen LogP contribution is -1.95. The molecule has 0 fully saturated rings. The van der Waals surface area contributed by atoms with Gasteiger partial charge in [0, 0.05) is 16.2 Å². The van der Waals surface area contributed by atoms with Gasteiger partial charge in [-0.3, -0.25) is 4.79 Å². The standard InChI is InChI=1S/C10H14O2S/c1-7-6-9(8(2)13-7)4-3-5-10(11)12/h6H,3-5H2,1-2H3,(H,11,12). The molecular formula is C10H14O2S. The summed E-state index contributed by atoms with van der Waals surface area (Å²) >= 11 is 1.78. The van der Waals surface area contributed by atoms with Gasteiger partial charge >= 0.3 is 5.97 Å². The van der Waals surface area contributed by atoms with Gasteiger partial charge in [0.2, 0.25) is 0 Å². The Kier molecular flexibility index (Phi) is 3.48. The van der Waals surface area contributed by atoms with E-state index in [2.05, 4.69) is 19.9 Å². The molecule has 0 saturated carbocycles. The Morgan fingerprint density at radius 2 is 2.23 bits per heavy atom. The van der Waals surface area contributed by atoms with Crippen molar-refractivity contribution in [1.82, 2.24) is 0 Å². The van der Waals surface area contributed by atoms with Crippen LogP contribution in [-0.2, 0) is 11.2 Å². The molecule has 72 valence electrons. The van der Waals surface area contributed by atoms with Crippen molar-refractivity contribution in [1.29, 1.82) is 0 Å². The van der Waals surface area contributed by atoms with E-state index in [0.717, 1.165) is 12.8 Å². The molecule has 0 amide bonds. The summed E-state index contributed by atoms with van der Waals surface area (Å²) in [6.07, 6.45) is 1.91. The minimum Gasteiger partial charge on any atom is -0.481 e. The van der Waals surface area contributed by atoms with E-state index in [-0.39, 0.29) is 6.42 Å². The fraction of sp³-hybridized carbons (Fsp3) is 0.500. The highest BCUT2D eigenvalue weighted by molar-refractivity contribution is 7.12. The molecule has 3 heteroatoms. The highest BCUT2D eigenvalue weighted by atomic mass is 32.1. The van der Waals surface area contributed by atoms with Crippen molar-refractivity contribution in [3.63, 3.8) is 0 Å². The van der Waals surface area contributed by atoms with Gasteiger partial charge in [-0.1, -0.05) is 0 Å². The van der Waals surface area contributed by atoms with Crippen LogP contribution in [0, 0.1) is 13.8 Å². The van der Waals surface area contributed by atoms with Gasteiger partial charge in [0.15, 0.2) is 0 Å². The van der Waals surface area contributed by atoms with Crippen molar-refractivity contribution in [3.05, 3.63) is 21.4 Å². The molecule has 0 unspecified atom stereocenters. The van der Waals surface area contributed by atoms with E-state index >= 15 is 0 Å². The number of hydrogen-bond donors (Lipinski definition) is 1. The lowest BCUT2D eigenvalue weighted by atomic mass is 10.1. The molecule has 0 spiro atoms. The summed E-state index contributed by atoms with van der Waals surface area (Å²) in [5, 5.41) is 8.47. The Morgan fingerprint density at radius 3 is 2.69 bits per heavy atom. The summed E-state index contributed by atoms with van der Waals surface area (Å²) < 4.78 is 0. The van der Waals surface area contributed by atoms with Crippen molar-refractivity contribution >= 4 is 17.3 Å². The zero-order chi connectivity index (χ0) is 9.84. The second kappa shape index (κ2) is 4.42. The van der Waals surface area contributed by atoms with E-state index < -0.39 is 5.97 Å². The normalized spacial score (nSPS) is 10.3. The van der Waals surface area contributed by atoms with E-state index in [1.54, 1.807) is 11.3 Å². The van der Waals surface area contributed by atoms with Crippen molar-refractivity contribution in [2.45, 2.75) is 33.1 Å². The van der Waals surface area contributed by atoms with Crippen LogP contribution in [0.4, 0.5) is 0 Å². The summed E-state index contributed by atoms with van der Waals surface area (Å²) in [6.45, 7) is 4.17. The molecular weight excluding hydrogens is 184 g/mol. The maximum atomic E-state index is 10.3. The molecule has 0 radical (unpaired) electrons. The van der Waals surface area contributed by atoms with Crippen molar-refractivity contribution in [2.24, 2.45) is 0 Å². The second-order valence-electron chi connectivity index (χ2n) is 3.19. The van der Waals surface area contributed by atoms with Gasteiger partial charge in [-0.15, -0.1) is 11.3 Å². The van der Waals surface area contributed by atoms with Crippen LogP contribution in [-0.4, -0.2) is 11.1 Å². The average molecular weight is 198 g/mol. The van der Waals surface area contributed by atoms with Gasteiger partial charge in [-0.25, -0.2) is 0 Å². The van der Waals surface area contributed by atoms with Crippen LogP contribution in [0.1, 0.15) is 28.2 Å². The quantitative estimate of drug-likeness (QED) is 0.807. The van der Waals surface area contributed by atoms with Crippen LogP contribution in [0.25, 0.3) is 0 Å². The van der Waals surface area contributed by atoms with Crippen molar-refractivity contribution < 1.29 is 9.90 Å². The molecule has 1 aromatic rings. The van der Waals surface area contributed by atoms with Crippen molar-refractivity contribution in [2.75, 3.05) is 0 Å². The van der Waals surface area contributed by atoms with Crippen LogP contribution < -0.4 is 0 Å². The van der Waals surface area contributed by atoms with E-state index in [1.807, 2.05) is 0 Å². The first kappa shape index (κ1) is 10.3. The van der Waals surface area contributed by atoms with Crippen molar-refractivity contribution in [3.8, 4) is 0 Å². The molecule has 0 bridgehead atoms. The number of carbonyl (C=O) groups is 1. The van der Waals surface area contributed by atoms with Gasteiger partial charge in [0.1, 0.15) is 0 Å². The van der Waals surface area contributed by atoms with Gasteiger partial charge in [0.05, 0.1) is 0 Å². The largest absolute Gasteiger partial charge is 0.481 e. The molecule has 1 heterocycles. The molecule has 0 atom stereocenters. The molecule has 13 heavy (non-hydrogen) atoms. The highest BCUT2D eigenvalue weighted by Crippen LogP contribution is 2.21. The Hall–Kier alpha value is -0.830. The van der Waals surface area contributed by atoms with Gasteiger partial charge in [-0.2, -0.15) is 0 Å². The van der Waals surface area contributed by atoms with Crippen LogP contribution in [0.5, 0.6) is 0 Å². The average Bonchev–Trinajstić information content (AvgIpc) is 2.29.